The third-order valence-corrected chi connectivity index (χ3v) is 1.19. The first-order valence-corrected chi connectivity index (χ1v) is 5.70. The third-order valence-electron chi connectivity index (χ3n) is 1.19. The minimum Gasteiger partial charge on any atom is -0.503 e. The van der Waals surface area contributed by atoms with Gasteiger partial charge in [-0.05, 0) is 13.8 Å². The van der Waals surface area contributed by atoms with Crippen LogP contribution >= 0.6 is 8.77 Å². The van der Waals surface area contributed by atoms with E-state index < -0.39 is 43.6 Å². The first-order valence-electron chi connectivity index (χ1n) is 4.62. The number of rotatable bonds is 0. The van der Waals surface area contributed by atoms with Crippen LogP contribution in [0.25, 0.3) is 0 Å². The molecule has 0 atom stereocenters. The summed E-state index contributed by atoms with van der Waals surface area (Å²) in [6, 6.07) is 0. The molecule has 0 saturated carbocycles. The van der Waals surface area contributed by atoms with Crippen molar-refractivity contribution < 1.29 is 45.5 Å². The maximum Gasteiger partial charge on any atom is 0.412 e. The fourth-order valence-corrected chi connectivity index (χ4v) is 0.593. The van der Waals surface area contributed by atoms with Crippen LogP contribution in [0.5, 0.6) is 5.75 Å². The highest BCUT2D eigenvalue weighted by atomic mass is 31.2. The summed E-state index contributed by atoms with van der Waals surface area (Å²) in [6.45, 7) is 3.44. The van der Waals surface area contributed by atoms with Gasteiger partial charge in [0.2, 0.25) is 29.1 Å². The van der Waals surface area contributed by atoms with Crippen molar-refractivity contribution in [3.8, 4) is 5.75 Å². The number of benzene rings is 1. The molecule has 20 heavy (non-hydrogen) atoms. The Balaban J connectivity index is 0. The molecule has 0 amide bonds. The zero-order valence-corrected chi connectivity index (χ0v) is 10.9. The molecule has 0 heterocycles. The summed E-state index contributed by atoms with van der Waals surface area (Å²) in [4.78, 5) is 6.79. The predicted molar refractivity (Wildman–Crippen MR) is 56.6 cm³/mol. The van der Waals surface area contributed by atoms with E-state index in [1.165, 1.54) is 0 Å². The topological polar surface area (TPSA) is 60.7 Å². The smallest absolute Gasteiger partial charge is 0.412 e. The van der Waals surface area contributed by atoms with Gasteiger partial charge in [-0.25, -0.2) is 13.2 Å². The molecule has 0 saturated heterocycles. The predicted octanol–water partition coefficient (Wildman–Crippen LogP) is 3.62. The van der Waals surface area contributed by atoms with E-state index in [4.69, 9.17) is 15.1 Å². The van der Waals surface area contributed by atoms with Crippen molar-refractivity contribution in [2.45, 2.75) is 20.0 Å². The van der Waals surface area contributed by atoms with Gasteiger partial charge in [0, 0.05) is 6.10 Å². The van der Waals surface area contributed by atoms with E-state index in [1.54, 1.807) is 13.8 Å². The molecule has 0 fully saturated rings. The number of phenolic OH excluding ortho intramolecular Hbond substituents is 1. The van der Waals surface area contributed by atoms with Gasteiger partial charge in [0.05, 0.1) is 0 Å². The summed E-state index contributed by atoms with van der Waals surface area (Å²) in [7, 11) is -3.62. The lowest BCUT2D eigenvalue weighted by Crippen LogP contribution is -2.00. The Bertz CT molecular complexity index is 312. The molecule has 0 aliphatic carbocycles. The Morgan fingerprint density at radius 3 is 1.15 bits per heavy atom. The Kier molecular flexibility index (Phi) is 10.3. The second-order valence-electron chi connectivity index (χ2n) is 3.23. The van der Waals surface area contributed by atoms with Crippen molar-refractivity contribution in [3.63, 3.8) is 0 Å². The van der Waals surface area contributed by atoms with E-state index in [0.717, 1.165) is 0 Å². The summed E-state index contributed by atoms with van der Waals surface area (Å²) in [6.07, 6.45) is -0.167. The van der Waals surface area contributed by atoms with Gasteiger partial charge in [-0.3, -0.25) is 0 Å². The van der Waals surface area contributed by atoms with Gasteiger partial charge in [0.15, 0.2) is 5.75 Å². The van der Waals surface area contributed by atoms with Gasteiger partial charge in [0.1, 0.15) is 0 Å². The molecule has 0 aromatic heterocycles. The number of halogens is 7. The average Bonchev–Trinajstić information content (AvgIpc) is 2.30. The lowest BCUT2D eigenvalue weighted by molar-refractivity contribution is 0.216. The molecule has 1 rings (SSSR count). The molecular weight excluding hydrogens is 320 g/mol. The summed E-state index contributed by atoms with van der Waals surface area (Å²) >= 11 is 0. The second kappa shape index (κ2) is 9.73. The van der Waals surface area contributed by atoms with E-state index in [0.29, 0.717) is 0 Å². The maximum atomic E-state index is 12.2. The van der Waals surface area contributed by atoms with Gasteiger partial charge in [-0.15, -0.1) is 0 Å². The average molecular weight is 330 g/mol. The van der Waals surface area contributed by atoms with Crippen molar-refractivity contribution >= 4 is 8.77 Å². The van der Waals surface area contributed by atoms with E-state index in [2.05, 4.69) is 0 Å². The summed E-state index contributed by atoms with van der Waals surface area (Å²) in [5.41, 5.74) is 0. The van der Waals surface area contributed by atoms with E-state index >= 15 is 0 Å². The number of aliphatic hydroxyl groups is 1. The summed E-state index contributed by atoms with van der Waals surface area (Å²) in [5.74, 6) is -12.9. The largest absolute Gasteiger partial charge is 0.503 e. The lowest BCUT2D eigenvalue weighted by atomic mass is 10.3. The van der Waals surface area contributed by atoms with Gasteiger partial charge in [-0.2, -0.15) is 17.2 Å². The van der Waals surface area contributed by atoms with Crippen molar-refractivity contribution in [1.82, 2.24) is 0 Å². The van der Waals surface area contributed by atoms with E-state index in [1.807, 2.05) is 0 Å². The van der Waals surface area contributed by atoms with Gasteiger partial charge in [-0.1, -0.05) is 0 Å². The van der Waals surface area contributed by atoms with Crippen LogP contribution in [0, 0.1) is 29.1 Å². The molecule has 0 unspecified atom stereocenters. The van der Waals surface area contributed by atoms with E-state index in [9.17, 15) is 30.3 Å². The number of phenols is 1. The van der Waals surface area contributed by atoms with Gasteiger partial charge < -0.3 is 15.1 Å². The third kappa shape index (κ3) is 8.13. The zero-order valence-electron chi connectivity index (χ0n) is 10.0. The SMILES string of the molecule is CC(C)O.OP(F)F.Oc1c(F)c(F)c(F)c(F)c1F. The highest BCUT2D eigenvalue weighted by molar-refractivity contribution is 7.39. The van der Waals surface area contributed by atoms with Crippen molar-refractivity contribution in [1.29, 1.82) is 0 Å². The summed E-state index contributed by atoms with van der Waals surface area (Å²) < 4.78 is 80.6. The number of aliphatic hydroxyl groups excluding tert-OH is 1. The quantitative estimate of drug-likeness (QED) is 0.295. The minimum atomic E-state index is -3.62. The zero-order chi connectivity index (χ0) is 16.6. The molecule has 3 nitrogen and oxygen atoms in total. The highest BCUT2D eigenvalue weighted by Crippen LogP contribution is 2.31. The maximum absolute atomic E-state index is 12.2. The van der Waals surface area contributed by atoms with Crippen LogP contribution in [0.2, 0.25) is 0 Å². The van der Waals surface area contributed by atoms with Crippen molar-refractivity contribution in [2.24, 2.45) is 0 Å². The second-order valence-corrected chi connectivity index (χ2v) is 3.66. The molecule has 0 aliphatic rings. The standard InChI is InChI=1S/C6HF5O.C3H8O.F2HOP/c7-1-2(8)4(10)6(12)5(11)3(1)9;1-3(2)4;1-4(2)3/h12H;3-4H,1-2H3;3H. The molecule has 0 spiro atoms. The van der Waals surface area contributed by atoms with Gasteiger partial charge in [0.25, 0.3) is 0 Å². The van der Waals surface area contributed by atoms with Crippen LogP contribution in [0.1, 0.15) is 13.8 Å². The van der Waals surface area contributed by atoms with Crippen LogP contribution < -0.4 is 0 Å². The Morgan fingerprint density at radius 2 is 0.950 bits per heavy atom. The summed E-state index contributed by atoms with van der Waals surface area (Å²) in [5, 5.41) is 16.4. The molecule has 1 aromatic rings. The molecular formula is C9H10F7O3P. The monoisotopic (exact) mass is 330 g/mol. The number of hydrogen-bond acceptors (Lipinski definition) is 3. The van der Waals surface area contributed by atoms with E-state index in [-0.39, 0.29) is 6.10 Å². The van der Waals surface area contributed by atoms with Crippen molar-refractivity contribution in [2.75, 3.05) is 0 Å². The molecule has 1 aromatic carbocycles. The van der Waals surface area contributed by atoms with Crippen LogP contribution in [0.15, 0.2) is 0 Å². The van der Waals surface area contributed by atoms with Crippen LogP contribution in [0.3, 0.4) is 0 Å². The first-order chi connectivity index (χ1) is 8.93. The minimum absolute atomic E-state index is 0.167. The Morgan fingerprint density at radius 1 is 0.800 bits per heavy atom. The number of hydrogen-bond donors (Lipinski definition) is 3. The molecule has 0 bridgehead atoms. The number of aromatic hydroxyl groups is 1. The normalized spacial score (nSPS) is 9.85. The Labute approximate surface area is 110 Å². The van der Waals surface area contributed by atoms with Crippen LogP contribution in [-0.2, 0) is 0 Å². The molecule has 3 N–H and O–H groups in total. The van der Waals surface area contributed by atoms with Gasteiger partial charge >= 0.3 is 8.77 Å². The van der Waals surface area contributed by atoms with Crippen LogP contribution in [0.4, 0.5) is 30.3 Å². The van der Waals surface area contributed by atoms with Crippen LogP contribution in [-0.4, -0.2) is 21.2 Å². The highest BCUT2D eigenvalue weighted by Gasteiger charge is 2.24. The molecule has 11 heteroatoms. The molecule has 0 aliphatic heterocycles. The Hall–Kier alpha value is -1.12. The molecule has 0 radical (unpaired) electrons. The molecule has 118 valence electrons. The fourth-order valence-electron chi connectivity index (χ4n) is 0.593. The lowest BCUT2D eigenvalue weighted by Gasteiger charge is -2.00. The first kappa shape index (κ1) is 21.2. The van der Waals surface area contributed by atoms with Crippen molar-refractivity contribution in [3.05, 3.63) is 29.1 Å². The fraction of sp³-hybridized carbons (Fsp3) is 0.333.